The van der Waals surface area contributed by atoms with Gasteiger partial charge in [0, 0.05) is 210 Å². The Balaban J connectivity index is -0.000000480. The van der Waals surface area contributed by atoms with Gasteiger partial charge in [0.15, 0.2) is 5.82 Å². The number of rotatable bonds is 2. The fraction of sp³-hybridized carbons (Fsp3) is 0. The first kappa shape index (κ1) is 39.6. The van der Waals surface area contributed by atoms with Crippen molar-refractivity contribution in [3.63, 3.8) is 0 Å². The van der Waals surface area contributed by atoms with Gasteiger partial charge in [-0.15, -0.1) is 11.6 Å². The van der Waals surface area contributed by atoms with Crippen LogP contribution in [0, 0.1) is 17.7 Å². The van der Waals surface area contributed by atoms with Gasteiger partial charge in [0.1, 0.15) is 5.82 Å². The molecule has 0 N–H and O–H groups in total. The summed E-state index contributed by atoms with van der Waals surface area (Å²) in [7, 11) is 5.63. The van der Waals surface area contributed by atoms with Gasteiger partial charge in [-0.25, -0.2) is 8.78 Å². The van der Waals surface area contributed by atoms with Crippen LogP contribution in [0.3, 0.4) is 0 Å². The van der Waals surface area contributed by atoms with Crippen LogP contribution in [-0.2, 0) is 209 Å². The third-order valence-electron chi connectivity index (χ3n) is 3.40. The average molecular weight is 840 g/mol. The van der Waals surface area contributed by atoms with Crippen molar-refractivity contribution in [2.45, 2.75) is 4.90 Å². The van der Waals surface area contributed by atoms with Crippen molar-refractivity contribution in [3.8, 4) is 22.3 Å². The van der Waals surface area contributed by atoms with Gasteiger partial charge in [0.2, 0.25) is 0 Å². The van der Waals surface area contributed by atoms with Gasteiger partial charge in [-0.2, -0.15) is 17.6 Å². The molecule has 124 valence electrons. The molecule has 0 unspecified atom stereocenters. The van der Waals surface area contributed by atoms with Gasteiger partial charge < -0.3 is 12.6 Å². The fourth-order valence-electron chi connectivity index (χ4n) is 2.24. The molecule has 3 rings (SSSR count). The molecule has 3 aromatic carbocycles. The van der Waals surface area contributed by atoms with Crippen molar-refractivity contribution < 1.29 is 205 Å². The molecular weight excluding hydrogens is 831 g/mol. The standard InChI is InChI=1S/C18H10BF2S.6Y/c19-15-9-6-12(10-16(15)22)14-8-7-13(17(20)18(14)21)11-4-2-1-3-5-11;;;;;;/h1-9,22H;;;;;;/q-1;;;;;;/p-1. The van der Waals surface area contributed by atoms with Crippen molar-refractivity contribution in [2.24, 2.45) is 0 Å². The van der Waals surface area contributed by atoms with Crippen LogP contribution >= 0.6 is 0 Å². The van der Waals surface area contributed by atoms with E-state index in [0.717, 1.165) is 0 Å². The molecule has 8 radical (unpaired) electrons. The Morgan fingerprint density at radius 1 is 0.679 bits per heavy atom. The predicted molar refractivity (Wildman–Crippen MR) is 87.1 cm³/mol. The molecule has 0 atom stereocenters. The number of benzene rings is 3. The van der Waals surface area contributed by atoms with Gasteiger partial charge in [0.05, 0.1) is 0 Å². The molecule has 0 aliphatic carbocycles. The van der Waals surface area contributed by atoms with E-state index in [1.165, 1.54) is 6.07 Å². The Morgan fingerprint density at radius 3 is 1.71 bits per heavy atom. The van der Waals surface area contributed by atoms with Crippen LogP contribution in [0.15, 0.2) is 59.5 Å². The largest absolute Gasteiger partial charge is 0.800 e. The summed E-state index contributed by atoms with van der Waals surface area (Å²) in [5.74, 6) is -1.81. The first-order valence-corrected chi connectivity index (χ1v) is 7.01. The second kappa shape index (κ2) is 19.7. The van der Waals surface area contributed by atoms with Crippen LogP contribution in [0.5, 0.6) is 0 Å². The van der Waals surface area contributed by atoms with Crippen molar-refractivity contribution in [1.82, 2.24) is 0 Å². The van der Waals surface area contributed by atoms with E-state index in [2.05, 4.69) is 6.07 Å². The summed E-state index contributed by atoms with van der Waals surface area (Å²) in [4.78, 5) is 0.296. The Labute approximate surface area is 322 Å². The average Bonchev–Trinajstić information content (AvgIpc) is 2.54. The van der Waals surface area contributed by atoms with Crippen LogP contribution in [0.25, 0.3) is 22.3 Å². The second-order valence-corrected chi connectivity index (χ2v) is 5.22. The molecule has 28 heavy (non-hydrogen) atoms. The van der Waals surface area contributed by atoms with E-state index in [0.29, 0.717) is 21.5 Å². The SMILES string of the molecule is [B]c1ccc(-c2ccc(-c3ccccc3)c(F)c2F)[c-]c1[S-].[Y].[Y].[Y].[Y].[Y].[Y]. The van der Waals surface area contributed by atoms with Crippen LogP contribution < -0.4 is 5.46 Å². The summed E-state index contributed by atoms with van der Waals surface area (Å²) in [6.45, 7) is 0. The Morgan fingerprint density at radius 2 is 1.18 bits per heavy atom. The molecule has 3 aromatic rings. The minimum atomic E-state index is -0.920. The summed E-state index contributed by atoms with van der Waals surface area (Å²) in [5, 5.41) is 0. The monoisotopic (exact) mass is 839 g/mol. The first-order valence-electron chi connectivity index (χ1n) is 6.60. The van der Waals surface area contributed by atoms with E-state index < -0.39 is 11.6 Å². The van der Waals surface area contributed by atoms with Gasteiger partial charge in [0.25, 0.3) is 0 Å². The minimum absolute atomic E-state index is 0. The quantitative estimate of drug-likeness (QED) is 0.216. The molecule has 0 fully saturated rings. The van der Waals surface area contributed by atoms with Crippen LogP contribution in [-0.4, -0.2) is 7.85 Å². The van der Waals surface area contributed by atoms with E-state index in [1.807, 2.05) is 6.07 Å². The maximum atomic E-state index is 14.4. The summed E-state index contributed by atoms with van der Waals surface area (Å²) in [6, 6.07) is 17.9. The fourth-order valence-corrected chi connectivity index (χ4v) is 2.42. The van der Waals surface area contributed by atoms with E-state index in [1.54, 1.807) is 42.5 Å². The number of hydrogen-bond donors (Lipinski definition) is 0. The molecule has 0 heterocycles. The molecule has 0 nitrogen and oxygen atoms in total. The molecule has 0 aromatic heterocycles. The molecule has 0 bridgehead atoms. The smallest absolute Gasteiger partial charge is 0.157 e. The zero-order chi connectivity index (χ0) is 15.7. The van der Waals surface area contributed by atoms with E-state index in [4.69, 9.17) is 20.5 Å². The molecule has 0 amide bonds. The van der Waals surface area contributed by atoms with Gasteiger partial charge in [-0.3, -0.25) is 4.90 Å². The van der Waals surface area contributed by atoms with E-state index in [-0.39, 0.29) is 207 Å². The number of hydrogen-bond acceptors (Lipinski definition) is 1. The van der Waals surface area contributed by atoms with Gasteiger partial charge >= 0.3 is 0 Å². The summed E-state index contributed by atoms with van der Waals surface area (Å²) in [5.41, 5.74) is 1.73. The van der Waals surface area contributed by atoms with Crippen LogP contribution in [0.1, 0.15) is 0 Å². The Kier molecular flexibility index (Phi) is 27.9. The normalized spacial score (nSPS) is 8.36. The Hall–Kier alpha value is 4.43. The van der Waals surface area contributed by atoms with Crippen LogP contribution in [0.2, 0.25) is 0 Å². The molecule has 0 aliphatic heterocycles. The van der Waals surface area contributed by atoms with E-state index in [9.17, 15) is 8.78 Å². The minimum Gasteiger partial charge on any atom is -0.800 e. The van der Waals surface area contributed by atoms with Gasteiger partial charge in [-0.1, -0.05) is 48.0 Å². The molecule has 10 heteroatoms. The summed E-state index contributed by atoms with van der Waals surface area (Å²) in [6.07, 6.45) is 0. The van der Waals surface area contributed by atoms with Gasteiger partial charge in [-0.05, 0) is 5.56 Å². The topological polar surface area (TPSA) is 0 Å². The van der Waals surface area contributed by atoms with Crippen molar-refractivity contribution in [1.29, 1.82) is 0 Å². The summed E-state index contributed by atoms with van der Waals surface area (Å²) >= 11 is 5.02. The third kappa shape index (κ3) is 10.4. The number of halogens is 2. The maximum absolute atomic E-state index is 14.4. The maximum Gasteiger partial charge on any atom is 0.157 e. The molecule has 0 spiro atoms. The third-order valence-corrected chi connectivity index (χ3v) is 3.73. The zero-order valence-corrected chi connectivity index (χ0v) is 32.7. The molecule has 0 aliphatic rings. The molecule has 0 saturated carbocycles. The Bertz CT molecular complexity index is 853. The van der Waals surface area contributed by atoms with Crippen molar-refractivity contribution >= 4 is 25.9 Å². The predicted octanol–water partition coefficient (Wildman–Crippen LogP) is 3.78. The molecule has 0 saturated heterocycles. The van der Waals surface area contributed by atoms with Crippen LogP contribution in [0.4, 0.5) is 8.78 Å². The van der Waals surface area contributed by atoms with Crippen molar-refractivity contribution in [3.05, 3.63) is 72.3 Å². The van der Waals surface area contributed by atoms with Crippen molar-refractivity contribution in [2.75, 3.05) is 0 Å². The summed E-state index contributed by atoms with van der Waals surface area (Å²) < 4.78 is 28.8. The molecular formula is C18H9BF2SY6-2. The zero-order valence-electron chi connectivity index (χ0n) is 14.9. The second-order valence-electron chi connectivity index (χ2n) is 4.81. The first-order chi connectivity index (χ1) is 10.6. The van der Waals surface area contributed by atoms with E-state index >= 15 is 0 Å².